The number of ether oxygens (including phenoxy) is 3. The monoisotopic (exact) mass is 372 g/mol. The molecule has 1 amide bonds. The number of nitrogens with two attached hydrogens (primary N) is 1. The van der Waals surface area contributed by atoms with Gasteiger partial charge in [0.2, 0.25) is 11.8 Å². The van der Waals surface area contributed by atoms with Crippen LogP contribution in [-0.4, -0.2) is 31.1 Å². The van der Waals surface area contributed by atoms with E-state index in [4.69, 9.17) is 19.9 Å². The normalized spacial score (nSPS) is 20.9. The third kappa shape index (κ3) is 2.56. The average Bonchev–Trinajstić information content (AvgIpc) is 2.88. The van der Waals surface area contributed by atoms with E-state index in [1.165, 1.54) is 6.92 Å². The zero-order chi connectivity index (χ0) is 19.8. The van der Waals surface area contributed by atoms with Crippen molar-refractivity contribution in [2.75, 3.05) is 18.5 Å². The lowest BCUT2D eigenvalue weighted by Crippen LogP contribution is -2.48. The number of amides is 1. The largest absolute Gasteiger partial charge is 0.462 e. The SMILES string of the molecule is CCOC(=O)C1=C(C)OC(N)=C(C(=O)OCC)[C@@]12C(=O)Nc1ccccc12. The number of para-hydroxylation sites is 1. The predicted molar refractivity (Wildman–Crippen MR) is 95.0 cm³/mol. The van der Waals surface area contributed by atoms with Crippen molar-refractivity contribution in [2.45, 2.75) is 26.2 Å². The highest BCUT2D eigenvalue weighted by atomic mass is 16.5. The number of benzene rings is 1. The molecule has 2 aliphatic heterocycles. The maximum absolute atomic E-state index is 13.2. The number of fused-ring (bicyclic) bond motifs is 2. The Morgan fingerprint density at radius 3 is 2.33 bits per heavy atom. The fourth-order valence-corrected chi connectivity index (χ4v) is 3.55. The van der Waals surface area contributed by atoms with Gasteiger partial charge < -0.3 is 25.3 Å². The highest BCUT2D eigenvalue weighted by Crippen LogP contribution is 2.52. The van der Waals surface area contributed by atoms with Gasteiger partial charge in [-0.1, -0.05) is 18.2 Å². The summed E-state index contributed by atoms with van der Waals surface area (Å²) >= 11 is 0. The van der Waals surface area contributed by atoms with Crippen LogP contribution in [0.15, 0.2) is 47.1 Å². The lowest BCUT2D eigenvalue weighted by Gasteiger charge is -2.35. The minimum atomic E-state index is -1.80. The second-order valence-corrected chi connectivity index (χ2v) is 5.96. The first-order valence-electron chi connectivity index (χ1n) is 8.54. The first-order chi connectivity index (χ1) is 12.9. The number of allylic oxidation sites excluding steroid dienone is 1. The predicted octanol–water partition coefficient (Wildman–Crippen LogP) is 1.48. The Labute approximate surface area is 155 Å². The Hall–Kier alpha value is -3.29. The molecule has 2 aliphatic rings. The molecule has 3 rings (SSSR count). The Bertz CT molecular complexity index is 859. The van der Waals surface area contributed by atoms with Crippen molar-refractivity contribution in [2.24, 2.45) is 5.73 Å². The molecule has 8 heteroatoms. The van der Waals surface area contributed by atoms with E-state index in [0.717, 1.165) is 0 Å². The Kier molecular flexibility index (Phi) is 4.65. The summed E-state index contributed by atoms with van der Waals surface area (Å²) in [5, 5.41) is 2.72. The van der Waals surface area contributed by atoms with Crippen molar-refractivity contribution in [3.05, 3.63) is 52.6 Å². The van der Waals surface area contributed by atoms with E-state index in [9.17, 15) is 14.4 Å². The number of hydrogen-bond acceptors (Lipinski definition) is 7. The van der Waals surface area contributed by atoms with Gasteiger partial charge in [-0.15, -0.1) is 0 Å². The number of hydrogen-bond donors (Lipinski definition) is 2. The molecule has 0 radical (unpaired) electrons. The van der Waals surface area contributed by atoms with Crippen molar-refractivity contribution < 1.29 is 28.6 Å². The van der Waals surface area contributed by atoms with Gasteiger partial charge >= 0.3 is 11.9 Å². The summed E-state index contributed by atoms with van der Waals surface area (Å²) in [5.74, 6) is -2.40. The molecule has 1 atom stereocenters. The molecule has 0 aromatic heterocycles. The van der Waals surface area contributed by atoms with Crippen LogP contribution < -0.4 is 11.1 Å². The molecule has 8 nitrogen and oxygen atoms in total. The minimum Gasteiger partial charge on any atom is -0.462 e. The maximum Gasteiger partial charge on any atom is 0.341 e. The van der Waals surface area contributed by atoms with E-state index in [-0.39, 0.29) is 36.0 Å². The third-order valence-electron chi connectivity index (χ3n) is 4.49. The van der Waals surface area contributed by atoms with Crippen molar-refractivity contribution in [3.63, 3.8) is 0 Å². The van der Waals surface area contributed by atoms with Gasteiger partial charge in [0.25, 0.3) is 0 Å². The third-order valence-corrected chi connectivity index (χ3v) is 4.49. The molecule has 3 N–H and O–H groups in total. The van der Waals surface area contributed by atoms with Crippen LogP contribution in [0.5, 0.6) is 0 Å². The van der Waals surface area contributed by atoms with Crippen LogP contribution in [0.4, 0.5) is 5.69 Å². The first-order valence-corrected chi connectivity index (χ1v) is 8.54. The number of nitrogens with one attached hydrogen (secondary N) is 1. The number of rotatable bonds is 4. The molecular formula is C19H20N2O6. The summed E-state index contributed by atoms with van der Waals surface area (Å²) in [5.41, 5.74) is 4.74. The van der Waals surface area contributed by atoms with Crippen LogP contribution in [0.3, 0.4) is 0 Å². The summed E-state index contributed by atoms with van der Waals surface area (Å²) in [6.45, 7) is 4.91. The molecule has 142 valence electrons. The van der Waals surface area contributed by atoms with E-state index >= 15 is 0 Å². The molecule has 1 aromatic rings. The van der Waals surface area contributed by atoms with Gasteiger partial charge in [0.05, 0.1) is 13.2 Å². The van der Waals surface area contributed by atoms with Crippen LogP contribution in [0.1, 0.15) is 26.3 Å². The average molecular weight is 372 g/mol. The van der Waals surface area contributed by atoms with Crippen LogP contribution in [0.2, 0.25) is 0 Å². The number of carbonyl (C=O) groups excluding carboxylic acids is 3. The highest BCUT2D eigenvalue weighted by Gasteiger charge is 2.61. The van der Waals surface area contributed by atoms with Crippen LogP contribution in [0.25, 0.3) is 0 Å². The van der Waals surface area contributed by atoms with E-state index in [2.05, 4.69) is 5.32 Å². The molecule has 2 heterocycles. The van der Waals surface area contributed by atoms with Crippen molar-refractivity contribution in [1.29, 1.82) is 0 Å². The maximum atomic E-state index is 13.2. The lowest BCUT2D eigenvalue weighted by atomic mass is 9.67. The van der Waals surface area contributed by atoms with Crippen LogP contribution in [-0.2, 0) is 34.0 Å². The van der Waals surface area contributed by atoms with E-state index in [1.54, 1.807) is 38.1 Å². The highest BCUT2D eigenvalue weighted by molar-refractivity contribution is 6.21. The lowest BCUT2D eigenvalue weighted by molar-refractivity contribution is -0.143. The summed E-state index contributed by atoms with van der Waals surface area (Å²) in [4.78, 5) is 38.8. The van der Waals surface area contributed by atoms with E-state index in [0.29, 0.717) is 11.3 Å². The molecule has 0 saturated heterocycles. The second kappa shape index (κ2) is 6.79. The number of esters is 2. The molecule has 1 aromatic carbocycles. The van der Waals surface area contributed by atoms with Crippen molar-refractivity contribution in [1.82, 2.24) is 0 Å². The van der Waals surface area contributed by atoms with Gasteiger partial charge in [0, 0.05) is 11.3 Å². The molecular weight excluding hydrogens is 352 g/mol. The van der Waals surface area contributed by atoms with Crippen LogP contribution in [0, 0.1) is 0 Å². The van der Waals surface area contributed by atoms with Gasteiger partial charge in [-0.3, -0.25) is 4.79 Å². The second-order valence-electron chi connectivity index (χ2n) is 5.96. The Morgan fingerprint density at radius 1 is 1.11 bits per heavy atom. The zero-order valence-electron chi connectivity index (χ0n) is 15.3. The molecule has 27 heavy (non-hydrogen) atoms. The topological polar surface area (TPSA) is 117 Å². The first kappa shape index (κ1) is 18.5. The quantitative estimate of drug-likeness (QED) is 0.769. The van der Waals surface area contributed by atoms with Crippen LogP contribution >= 0.6 is 0 Å². The fourth-order valence-electron chi connectivity index (χ4n) is 3.55. The molecule has 0 aliphatic carbocycles. The van der Waals surface area contributed by atoms with Gasteiger partial charge in [0.1, 0.15) is 22.3 Å². The molecule has 0 bridgehead atoms. The number of carbonyl (C=O) groups is 3. The summed E-state index contributed by atoms with van der Waals surface area (Å²) in [7, 11) is 0. The fraction of sp³-hybridized carbons (Fsp3) is 0.316. The van der Waals surface area contributed by atoms with Gasteiger partial charge in [0.15, 0.2) is 0 Å². The molecule has 0 fully saturated rings. The van der Waals surface area contributed by atoms with Gasteiger partial charge in [-0.2, -0.15) is 0 Å². The van der Waals surface area contributed by atoms with Crippen molar-refractivity contribution >= 4 is 23.5 Å². The number of anilines is 1. The van der Waals surface area contributed by atoms with Crippen molar-refractivity contribution in [3.8, 4) is 0 Å². The molecule has 0 saturated carbocycles. The Balaban J connectivity index is 2.37. The van der Waals surface area contributed by atoms with Gasteiger partial charge in [-0.05, 0) is 26.8 Å². The summed E-state index contributed by atoms with van der Waals surface area (Å²) < 4.78 is 15.7. The summed E-state index contributed by atoms with van der Waals surface area (Å²) in [6.07, 6.45) is 0. The van der Waals surface area contributed by atoms with Gasteiger partial charge in [-0.25, -0.2) is 9.59 Å². The standard InChI is InChI=1S/C19H20N2O6/c1-4-25-16(22)13-10(3)27-15(20)14(17(23)26-5-2)19(13)11-8-6-7-9-12(11)21-18(19)24/h6-9H,4-5,20H2,1-3H3,(H,21,24)/t19-/m0/s1. The van der Waals surface area contributed by atoms with E-state index < -0.39 is 23.3 Å². The zero-order valence-corrected chi connectivity index (χ0v) is 15.3. The summed E-state index contributed by atoms with van der Waals surface area (Å²) in [6, 6.07) is 6.76. The molecule has 1 spiro atoms. The molecule has 0 unspecified atom stereocenters. The smallest absolute Gasteiger partial charge is 0.341 e. The Morgan fingerprint density at radius 2 is 1.70 bits per heavy atom. The minimum absolute atomic E-state index is 0.0619. The van der Waals surface area contributed by atoms with E-state index in [1.807, 2.05) is 0 Å².